The van der Waals surface area contributed by atoms with Crippen LogP contribution in [0.3, 0.4) is 0 Å². The van der Waals surface area contributed by atoms with Gasteiger partial charge in [-0.1, -0.05) is 18.2 Å². The van der Waals surface area contributed by atoms with Gasteiger partial charge in [-0.15, -0.1) is 0 Å². The number of fused-ring (bicyclic) bond motifs is 1. The molecule has 1 aromatic rings. The summed E-state index contributed by atoms with van der Waals surface area (Å²) in [6.07, 6.45) is 1.82. The van der Waals surface area contributed by atoms with Gasteiger partial charge in [0.25, 0.3) is 5.91 Å². The topological polar surface area (TPSA) is 70.2 Å². The number of hydrogen-bond acceptors (Lipinski definition) is 4. The van der Waals surface area contributed by atoms with Crippen molar-refractivity contribution in [1.29, 1.82) is 0 Å². The zero-order valence-corrected chi connectivity index (χ0v) is 14.0. The molecule has 0 spiro atoms. The van der Waals surface area contributed by atoms with Gasteiger partial charge in [0.1, 0.15) is 18.4 Å². The Balaban J connectivity index is 1.34. The van der Waals surface area contributed by atoms with E-state index in [4.69, 9.17) is 4.74 Å². The number of benzene rings is 1. The second kappa shape index (κ2) is 6.38. The van der Waals surface area contributed by atoms with Gasteiger partial charge in [-0.3, -0.25) is 14.5 Å². The van der Waals surface area contributed by atoms with Crippen LogP contribution < -0.4 is 4.74 Å². The number of carbonyl (C=O) groups is 3. The first kappa shape index (κ1) is 15.9. The van der Waals surface area contributed by atoms with Crippen molar-refractivity contribution in [3.8, 4) is 5.75 Å². The summed E-state index contributed by atoms with van der Waals surface area (Å²) in [4.78, 5) is 41.9. The van der Waals surface area contributed by atoms with Crippen molar-refractivity contribution < 1.29 is 19.1 Å². The van der Waals surface area contributed by atoms with E-state index in [1.807, 2.05) is 30.3 Å². The molecule has 4 rings (SSSR count). The Morgan fingerprint density at radius 3 is 2.68 bits per heavy atom. The molecule has 0 bridgehead atoms. The molecule has 7 nitrogen and oxygen atoms in total. The molecule has 0 unspecified atom stereocenters. The summed E-state index contributed by atoms with van der Waals surface area (Å²) >= 11 is 0. The quantitative estimate of drug-likeness (QED) is 0.751. The van der Waals surface area contributed by atoms with E-state index < -0.39 is 0 Å². The maximum Gasteiger partial charge on any atom is 0.327 e. The number of amides is 4. The van der Waals surface area contributed by atoms with Crippen molar-refractivity contribution in [2.45, 2.75) is 31.3 Å². The number of likely N-dealkylation sites (tertiary alicyclic amines) is 1. The molecular formula is C18H21N3O4. The summed E-state index contributed by atoms with van der Waals surface area (Å²) in [5, 5.41) is 0. The molecule has 0 radical (unpaired) electrons. The average molecular weight is 343 g/mol. The lowest BCUT2D eigenvalue weighted by atomic mass is 10.2. The molecule has 2 atom stereocenters. The molecule has 3 heterocycles. The fraction of sp³-hybridized carbons (Fsp3) is 0.500. The van der Waals surface area contributed by atoms with E-state index in [1.54, 1.807) is 9.80 Å². The zero-order chi connectivity index (χ0) is 17.4. The third kappa shape index (κ3) is 2.83. The van der Waals surface area contributed by atoms with E-state index in [9.17, 15) is 14.4 Å². The fourth-order valence-corrected chi connectivity index (χ4v) is 3.91. The van der Waals surface area contributed by atoms with E-state index in [0.717, 1.165) is 18.6 Å². The van der Waals surface area contributed by atoms with Gasteiger partial charge < -0.3 is 14.5 Å². The Morgan fingerprint density at radius 2 is 1.92 bits per heavy atom. The second-order valence-electron chi connectivity index (χ2n) is 6.70. The molecule has 0 N–H and O–H groups in total. The lowest BCUT2D eigenvalue weighted by Crippen LogP contribution is -2.43. The smallest absolute Gasteiger partial charge is 0.327 e. The largest absolute Gasteiger partial charge is 0.492 e. The average Bonchev–Trinajstić information content (AvgIpc) is 3.28. The second-order valence-corrected chi connectivity index (χ2v) is 6.70. The lowest BCUT2D eigenvalue weighted by Gasteiger charge is -2.22. The summed E-state index contributed by atoms with van der Waals surface area (Å²) in [5.74, 6) is 0.591. The molecule has 25 heavy (non-hydrogen) atoms. The molecule has 3 saturated heterocycles. The Kier molecular flexibility index (Phi) is 4.07. The number of carbonyl (C=O) groups excluding carboxylic acids is 3. The molecule has 0 aromatic heterocycles. The fourth-order valence-electron chi connectivity index (χ4n) is 3.91. The first-order valence-electron chi connectivity index (χ1n) is 8.74. The van der Waals surface area contributed by atoms with Gasteiger partial charge in [0.05, 0.1) is 12.6 Å². The number of rotatable bonds is 5. The molecule has 0 aliphatic carbocycles. The molecule has 132 valence electrons. The molecule has 7 heteroatoms. The molecule has 0 saturated carbocycles. The minimum atomic E-state index is -0.352. The molecule has 4 amide bonds. The molecular weight excluding hydrogens is 322 g/mol. The number of nitrogens with zero attached hydrogens (tertiary/aromatic N) is 3. The SMILES string of the molecule is O=C1C[C@@H](N2C(=O)[C@H]3CCCN3C2=O)CN1CCOc1ccccc1. The molecule has 3 fully saturated rings. The van der Waals surface area contributed by atoms with Crippen LogP contribution in [-0.4, -0.2) is 70.9 Å². The van der Waals surface area contributed by atoms with Crippen LogP contribution in [0, 0.1) is 0 Å². The van der Waals surface area contributed by atoms with Crippen molar-refractivity contribution in [1.82, 2.24) is 14.7 Å². The third-order valence-electron chi connectivity index (χ3n) is 5.16. The summed E-state index contributed by atoms with van der Waals surface area (Å²) in [6.45, 7) is 1.88. The van der Waals surface area contributed by atoms with Gasteiger partial charge in [0, 0.05) is 19.5 Å². The van der Waals surface area contributed by atoms with Crippen LogP contribution in [0.5, 0.6) is 5.75 Å². The monoisotopic (exact) mass is 343 g/mol. The number of imide groups is 1. The molecule has 3 aliphatic heterocycles. The van der Waals surface area contributed by atoms with Crippen molar-refractivity contribution >= 4 is 17.8 Å². The van der Waals surface area contributed by atoms with Crippen LogP contribution in [0.25, 0.3) is 0 Å². The highest BCUT2D eigenvalue weighted by Gasteiger charge is 2.51. The predicted molar refractivity (Wildman–Crippen MR) is 88.9 cm³/mol. The van der Waals surface area contributed by atoms with Crippen LogP contribution in [0.4, 0.5) is 4.79 Å². The van der Waals surface area contributed by atoms with Gasteiger partial charge in [-0.05, 0) is 25.0 Å². The first-order chi connectivity index (χ1) is 12.1. The van der Waals surface area contributed by atoms with E-state index >= 15 is 0 Å². The Bertz CT molecular complexity index is 671. The Hall–Kier alpha value is -2.57. The minimum absolute atomic E-state index is 0.0330. The van der Waals surface area contributed by atoms with Crippen LogP contribution in [0.15, 0.2) is 30.3 Å². The van der Waals surface area contributed by atoms with Gasteiger partial charge in [0.15, 0.2) is 0 Å². The van der Waals surface area contributed by atoms with Gasteiger partial charge in [-0.25, -0.2) is 4.79 Å². The third-order valence-corrected chi connectivity index (χ3v) is 5.16. The number of para-hydroxylation sites is 1. The number of ether oxygens (including phenoxy) is 1. The number of hydrogen-bond donors (Lipinski definition) is 0. The van der Waals surface area contributed by atoms with E-state index in [-0.39, 0.29) is 36.3 Å². The van der Waals surface area contributed by atoms with E-state index in [2.05, 4.69) is 0 Å². The highest BCUT2D eigenvalue weighted by atomic mass is 16.5. The minimum Gasteiger partial charge on any atom is -0.492 e. The normalized spacial score (nSPS) is 25.9. The molecule has 3 aliphatic rings. The van der Waals surface area contributed by atoms with Crippen molar-refractivity contribution in [2.24, 2.45) is 0 Å². The summed E-state index contributed by atoms with van der Waals surface area (Å²) in [6, 6.07) is 8.54. The maximum absolute atomic E-state index is 12.5. The highest BCUT2D eigenvalue weighted by Crippen LogP contribution is 2.31. The first-order valence-corrected chi connectivity index (χ1v) is 8.74. The molecule has 1 aromatic carbocycles. The maximum atomic E-state index is 12.5. The Labute approximate surface area is 146 Å². The standard InChI is InChI=1S/C18H21N3O4/c22-16-11-13(21-17(23)15-7-4-8-20(15)18(21)24)12-19(16)9-10-25-14-5-2-1-3-6-14/h1-3,5-6,13,15H,4,7-12H2/t13-,15-/m1/s1. The highest BCUT2D eigenvalue weighted by molar-refractivity contribution is 6.05. The van der Waals surface area contributed by atoms with E-state index in [1.165, 1.54) is 4.90 Å². The zero-order valence-electron chi connectivity index (χ0n) is 14.0. The van der Waals surface area contributed by atoms with Crippen LogP contribution in [0.1, 0.15) is 19.3 Å². The summed E-state index contributed by atoms with van der Waals surface area (Å²) in [7, 11) is 0. The van der Waals surface area contributed by atoms with Crippen molar-refractivity contribution in [3.63, 3.8) is 0 Å². The van der Waals surface area contributed by atoms with Crippen molar-refractivity contribution in [3.05, 3.63) is 30.3 Å². The lowest BCUT2D eigenvalue weighted by molar-refractivity contribution is -0.129. The Morgan fingerprint density at radius 1 is 1.12 bits per heavy atom. The van der Waals surface area contributed by atoms with E-state index in [0.29, 0.717) is 26.2 Å². The predicted octanol–water partition coefficient (Wildman–Crippen LogP) is 1.09. The van der Waals surface area contributed by atoms with Crippen LogP contribution in [0.2, 0.25) is 0 Å². The van der Waals surface area contributed by atoms with Gasteiger partial charge in [-0.2, -0.15) is 0 Å². The number of urea groups is 1. The van der Waals surface area contributed by atoms with Crippen LogP contribution in [-0.2, 0) is 9.59 Å². The van der Waals surface area contributed by atoms with Crippen LogP contribution >= 0.6 is 0 Å². The summed E-state index contributed by atoms with van der Waals surface area (Å²) in [5.41, 5.74) is 0. The summed E-state index contributed by atoms with van der Waals surface area (Å²) < 4.78 is 5.63. The van der Waals surface area contributed by atoms with Crippen molar-refractivity contribution in [2.75, 3.05) is 26.2 Å². The van der Waals surface area contributed by atoms with Gasteiger partial charge in [0.2, 0.25) is 5.91 Å². The van der Waals surface area contributed by atoms with Gasteiger partial charge >= 0.3 is 6.03 Å².